The number of likely N-dealkylation sites (tertiary alicyclic amines) is 1. The summed E-state index contributed by atoms with van der Waals surface area (Å²) < 4.78 is 82.0. The molecule has 1 aliphatic heterocycles. The Bertz CT molecular complexity index is 837. The van der Waals surface area contributed by atoms with Crippen molar-refractivity contribution in [3.63, 3.8) is 0 Å². The first-order chi connectivity index (χ1) is 13.6. The van der Waals surface area contributed by atoms with Gasteiger partial charge in [-0.05, 0) is 46.2 Å². The summed E-state index contributed by atoms with van der Waals surface area (Å²) in [5.41, 5.74) is -2.02. The minimum absolute atomic E-state index is 0.351. The van der Waals surface area contributed by atoms with Crippen molar-refractivity contribution in [2.24, 2.45) is 0 Å². The first kappa shape index (κ1) is 23.8. The molecule has 1 aliphatic rings. The van der Waals surface area contributed by atoms with Crippen molar-refractivity contribution in [2.75, 3.05) is 6.54 Å². The molecular weight excluding hydrogens is 418 g/mol. The summed E-state index contributed by atoms with van der Waals surface area (Å²) in [5, 5.41) is 9.60. The van der Waals surface area contributed by atoms with E-state index in [-0.39, 0.29) is 0 Å². The summed E-state index contributed by atoms with van der Waals surface area (Å²) >= 11 is 0. The fraction of sp³-hybridized carbons (Fsp3) is 0.579. The lowest BCUT2D eigenvalue weighted by Gasteiger charge is -2.48. The summed E-state index contributed by atoms with van der Waals surface area (Å²) in [4.78, 5) is 25.7. The van der Waals surface area contributed by atoms with Gasteiger partial charge in [-0.1, -0.05) is 0 Å². The molecule has 0 radical (unpaired) electrons. The molecule has 1 aromatic rings. The second kappa shape index (κ2) is 7.99. The van der Waals surface area contributed by atoms with E-state index < -0.39 is 77.7 Å². The molecule has 1 fully saturated rings. The summed E-state index contributed by atoms with van der Waals surface area (Å²) in [7, 11) is 0. The van der Waals surface area contributed by atoms with Crippen LogP contribution in [-0.2, 0) is 4.79 Å². The standard InChI is InChI=1S/C19H22F6N2O3/c1-9-10(14-11(20)5-6-12(21)15(14)22)7-13(27(17(29)30)18(2,3)4)16(28)26(9)8-19(23,24)25/h5-6,9-10,13H,7-8H2,1-4H3,(H,29,30)/t9-,10-,13?/m1/s1. The van der Waals surface area contributed by atoms with Gasteiger partial charge in [0.1, 0.15) is 18.4 Å². The highest BCUT2D eigenvalue weighted by Gasteiger charge is 2.50. The van der Waals surface area contributed by atoms with E-state index in [1.807, 2.05) is 0 Å². The number of alkyl halides is 3. The van der Waals surface area contributed by atoms with Gasteiger partial charge in [-0.3, -0.25) is 9.69 Å². The summed E-state index contributed by atoms with van der Waals surface area (Å²) in [6.07, 6.45) is -6.93. The van der Waals surface area contributed by atoms with Crippen LogP contribution in [0.15, 0.2) is 12.1 Å². The zero-order valence-electron chi connectivity index (χ0n) is 16.7. The highest BCUT2D eigenvalue weighted by atomic mass is 19.4. The number of carbonyl (C=O) groups excluding carboxylic acids is 1. The van der Waals surface area contributed by atoms with Gasteiger partial charge >= 0.3 is 12.3 Å². The molecule has 2 amide bonds. The first-order valence-corrected chi connectivity index (χ1v) is 9.09. The molecule has 1 saturated heterocycles. The monoisotopic (exact) mass is 440 g/mol. The number of piperidine rings is 1. The molecule has 0 saturated carbocycles. The minimum Gasteiger partial charge on any atom is -0.465 e. The number of rotatable bonds is 3. The van der Waals surface area contributed by atoms with E-state index in [0.717, 1.165) is 6.92 Å². The Morgan fingerprint density at radius 3 is 2.17 bits per heavy atom. The molecule has 0 spiro atoms. The maximum Gasteiger partial charge on any atom is 0.408 e. The summed E-state index contributed by atoms with van der Waals surface area (Å²) in [5.74, 6) is -6.71. The molecule has 1 heterocycles. The van der Waals surface area contributed by atoms with Crippen LogP contribution in [0.25, 0.3) is 0 Å². The van der Waals surface area contributed by atoms with Crippen LogP contribution < -0.4 is 0 Å². The third-order valence-corrected chi connectivity index (χ3v) is 5.16. The number of hydrogen-bond acceptors (Lipinski definition) is 2. The van der Waals surface area contributed by atoms with E-state index in [0.29, 0.717) is 21.9 Å². The summed E-state index contributed by atoms with van der Waals surface area (Å²) in [6.45, 7) is 3.71. The van der Waals surface area contributed by atoms with Gasteiger partial charge in [-0.2, -0.15) is 13.2 Å². The van der Waals surface area contributed by atoms with E-state index in [2.05, 4.69) is 0 Å². The smallest absolute Gasteiger partial charge is 0.408 e. The fourth-order valence-corrected chi connectivity index (χ4v) is 3.91. The van der Waals surface area contributed by atoms with Gasteiger partial charge in [0.2, 0.25) is 5.91 Å². The zero-order valence-corrected chi connectivity index (χ0v) is 16.7. The molecule has 11 heteroatoms. The van der Waals surface area contributed by atoms with Gasteiger partial charge in [-0.25, -0.2) is 18.0 Å². The molecule has 0 aromatic heterocycles. The topological polar surface area (TPSA) is 60.9 Å². The third kappa shape index (κ3) is 4.65. The van der Waals surface area contributed by atoms with Gasteiger partial charge in [0, 0.05) is 23.1 Å². The van der Waals surface area contributed by atoms with Gasteiger partial charge in [0.15, 0.2) is 11.6 Å². The predicted octanol–water partition coefficient (Wildman–Crippen LogP) is 4.52. The van der Waals surface area contributed by atoms with Crippen LogP contribution in [0, 0.1) is 17.5 Å². The Labute approximate surface area is 169 Å². The molecule has 2 rings (SSSR count). The minimum atomic E-state index is -4.84. The van der Waals surface area contributed by atoms with Crippen molar-refractivity contribution in [1.82, 2.24) is 9.80 Å². The Morgan fingerprint density at radius 2 is 1.70 bits per heavy atom. The van der Waals surface area contributed by atoms with Crippen molar-refractivity contribution >= 4 is 12.0 Å². The lowest BCUT2D eigenvalue weighted by molar-refractivity contribution is -0.174. The number of benzene rings is 1. The number of hydrogen-bond donors (Lipinski definition) is 1. The van der Waals surface area contributed by atoms with Crippen molar-refractivity contribution in [3.8, 4) is 0 Å². The molecule has 3 atom stereocenters. The number of carboxylic acid groups (broad SMARTS) is 1. The normalized spacial score (nSPS) is 22.9. The van der Waals surface area contributed by atoms with Crippen molar-refractivity contribution in [3.05, 3.63) is 35.1 Å². The van der Waals surface area contributed by atoms with E-state index in [9.17, 15) is 41.0 Å². The summed E-state index contributed by atoms with van der Waals surface area (Å²) in [6, 6.07) is -1.83. The molecular formula is C19H22F6N2O3. The largest absolute Gasteiger partial charge is 0.465 e. The van der Waals surface area contributed by atoms with Crippen LogP contribution in [0.4, 0.5) is 31.1 Å². The van der Waals surface area contributed by atoms with Crippen LogP contribution in [0.1, 0.15) is 45.6 Å². The lowest BCUT2D eigenvalue weighted by atomic mass is 9.80. The quantitative estimate of drug-likeness (QED) is 0.556. The van der Waals surface area contributed by atoms with Crippen molar-refractivity contribution < 1.29 is 41.0 Å². The molecule has 30 heavy (non-hydrogen) atoms. The van der Waals surface area contributed by atoms with E-state index >= 15 is 0 Å². The Kier molecular flexibility index (Phi) is 6.34. The van der Waals surface area contributed by atoms with Gasteiger partial charge in [0.25, 0.3) is 0 Å². The maximum absolute atomic E-state index is 14.4. The average Bonchev–Trinajstić information content (AvgIpc) is 2.56. The number of halogens is 6. The molecule has 5 nitrogen and oxygen atoms in total. The third-order valence-electron chi connectivity index (χ3n) is 5.16. The van der Waals surface area contributed by atoms with Crippen LogP contribution >= 0.6 is 0 Å². The van der Waals surface area contributed by atoms with Crippen molar-refractivity contribution in [1.29, 1.82) is 0 Å². The molecule has 168 valence electrons. The van der Waals surface area contributed by atoms with Crippen LogP contribution in [0.3, 0.4) is 0 Å². The van der Waals surface area contributed by atoms with Gasteiger partial charge in [0.05, 0.1) is 0 Å². The van der Waals surface area contributed by atoms with E-state index in [1.54, 1.807) is 0 Å². The second-order valence-corrected chi connectivity index (χ2v) is 8.26. The number of amides is 2. The van der Waals surface area contributed by atoms with Crippen molar-refractivity contribution in [2.45, 2.75) is 63.8 Å². The van der Waals surface area contributed by atoms with Crippen LogP contribution in [-0.4, -0.2) is 57.3 Å². The number of carbonyl (C=O) groups is 2. The number of nitrogens with zero attached hydrogens (tertiary/aromatic N) is 2. The van der Waals surface area contributed by atoms with Gasteiger partial charge < -0.3 is 10.0 Å². The average molecular weight is 440 g/mol. The molecule has 0 bridgehead atoms. The first-order valence-electron chi connectivity index (χ1n) is 9.09. The Morgan fingerprint density at radius 1 is 1.17 bits per heavy atom. The highest BCUT2D eigenvalue weighted by molar-refractivity contribution is 5.87. The Balaban J connectivity index is 2.65. The highest BCUT2D eigenvalue weighted by Crippen LogP contribution is 2.40. The van der Waals surface area contributed by atoms with E-state index in [1.165, 1.54) is 20.8 Å². The SMILES string of the molecule is C[C@@H]1[C@H](c2c(F)ccc(F)c2F)CC(N(C(=O)O)C(C)(C)C)C(=O)N1CC(F)(F)F. The van der Waals surface area contributed by atoms with Crippen LogP contribution in [0.2, 0.25) is 0 Å². The van der Waals surface area contributed by atoms with Gasteiger partial charge in [-0.15, -0.1) is 0 Å². The van der Waals surface area contributed by atoms with Crippen LogP contribution in [0.5, 0.6) is 0 Å². The fourth-order valence-electron chi connectivity index (χ4n) is 3.91. The molecule has 1 aromatic carbocycles. The lowest BCUT2D eigenvalue weighted by Crippen LogP contribution is -2.64. The second-order valence-electron chi connectivity index (χ2n) is 8.26. The molecule has 1 unspecified atom stereocenters. The molecule has 1 N–H and O–H groups in total. The van der Waals surface area contributed by atoms with E-state index in [4.69, 9.17) is 0 Å². The predicted molar refractivity (Wildman–Crippen MR) is 94.3 cm³/mol. The maximum atomic E-state index is 14.4. The zero-order chi connectivity index (χ0) is 23.2. The molecule has 0 aliphatic carbocycles. The Hall–Kier alpha value is -2.46.